The van der Waals surface area contributed by atoms with Crippen LogP contribution in [0.3, 0.4) is 0 Å². The Balaban J connectivity index is 1.41. The number of amides is 1. The SMILES string of the molecule is O=C(CSc1ccc2ccccc2c1)N1CCc2sccc2C1. The molecule has 1 aromatic heterocycles. The minimum absolute atomic E-state index is 0.236. The summed E-state index contributed by atoms with van der Waals surface area (Å²) in [6.45, 7) is 1.63. The van der Waals surface area contributed by atoms with Crippen LogP contribution in [0.5, 0.6) is 0 Å². The van der Waals surface area contributed by atoms with E-state index in [1.165, 1.54) is 21.2 Å². The van der Waals surface area contributed by atoms with E-state index in [1.54, 1.807) is 11.8 Å². The molecule has 4 rings (SSSR count). The minimum atomic E-state index is 0.236. The first-order valence-corrected chi connectivity index (χ1v) is 9.61. The lowest BCUT2D eigenvalue weighted by Crippen LogP contribution is -2.36. The highest BCUT2D eigenvalue weighted by Gasteiger charge is 2.21. The molecule has 3 aromatic rings. The van der Waals surface area contributed by atoms with Crippen LogP contribution in [0, 0.1) is 0 Å². The molecule has 1 aliphatic heterocycles. The fourth-order valence-corrected chi connectivity index (χ4v) is 4.69. The van der Waals surface area contributed by atoms with Crippen molar-refractivity contribution in [1.82, 2.24) is 4.90 Å². The smallest absolute Gasteiger partial charge is 0.233 e. The third-order valence-electron chi connectivity index (χ3n) is 4.24. The van der Waals surface area contributed by atoms with Gasteiger partial charge in [-0.05, 0) is 46.3 Å². The molecule has 2 heterocycles. The summed E-state index contributed by atoms with van der Waals surface area (Å²) < 4.78 is 0. The molecule has 1 amide bonds. The van der Waals surface area contributed by atoms with Crippen molar-refractivity contribution in [3.05, 3.63) is 64.4 Å². The molecular weight excluding hydrogens is 322 g/mol. The average molecular weight is 339 g/mol. The highest BCUT2D eigenvalue weighted by Crippen LogP contribution is 2.27. The van der Waals surface area contributed by atoms with Gasteiger partial charge < -0.3 is 4.90 Å². The van der Waals surface area contributed by atoms with Gasteiger partial charge >= 0.3 is 0 Å². The van der Waals surface area contributed by atoms with E-state index in [0.29, 0.717) is 5.75 Å². The van der Waals surface area contributed by atoms with Crippen molar-refractivity contribution >= 4 is 39.8 Å². The van der Waals surface area contributed by atoms with E-state index in [1.807, 2.05) is 28.4 Å². The van der Waals surface area contributed by atoms with E-state index in [4.69, 9.17) is 0 Å². The molecule has 0 saturated carbocycles. The molecule has 0 unspecified atom stereocenters. The molecule has 1 aliphatic rings. The fraction of sp³-hybridized carbons (Fsp3) is 0.211. The van der Waals surface area contributed by atoms with E-state index >= 15 is 0 Å². The molecule has 2 nitrogen and oxygen atoms in total. The van der Waals surface area contributed by atoms with E-state index in [-0.39, 0.29) is 5.91 Å². The lowest BCUT2D eigenvalue weighted by molar-refractivity contribution is -0.129. The largest absolute Gasteiger partial charge is 0.337 e. The summed E-state index contributed by atoms with van der Waals surface area (Å²) in [7, 11) is 0. The van der Waals surface area contributed by atoms with Gasteiger partial charge in [-0.2, -0.15) is 0 Å². The Kier molecular flexibility index (Phi) is 4.10. The first kappa shape index (κ1) is 14.8. The standard InChI is InChI=1S/C19H17NOS2/c21-19(20-9-7-18-16(12-20)8-10-22-18)13-23-17-6-5-14-3-1-2-4-15(14)11-17/h1-6,8,10-11H,7,9,12-13H2. The maximum atomic E-state index is 12.5. The molecule has 0 atom stereocenters. The Bertz CT molecular complexity index is 855. The number of hydrogen-bond acceptors (Lipinski definition) is 3. The van der Waals surface area contributed by atoms with Gasteiger partial charge in [0.25, 0.3) is 0 Å². The first-order valence-electron chi connectivity index (χ1n) is 7.74. The molecule has 2 aromatic carbocycles. The van der Waals surface area contributed by atoms with E-state index < -0.39 is 0 Å². The molecule has 23 heavy (non-hydrogen) atoms. The summed E-state index contributed by atoms with van der Waals surface area (Å²) in [6.07, 6.45) is 0.999. The monoisotopic (exact) mass is 339 g/mol. The number of thiophene rings is 1. The second kappa shape index (κ2) is 6.38. The third-order valence-corrected chi connectivity index (χ3v) is 6.25. The van der Waals surface area contributed by atoms with Gasteiger partial charge in [0, 0.05) is 22.9 Å². The summed E-state index contributed by atoms with van der Waals surface area (Å²) in [6, 6.07) is 16.9. The van der Waals surface area contributed by atoms with Crippen molar-refractivity contribution in [1.29, 1.82) is 0 Å². The second-order valence-corrected chi connectivity index (χ2v) is 7.78. The Hall–Kier alpha value is -1.78. The molecule has 0 fully saturated rings. The first-order chi connectivity index (χ1) is 11.3. The van der Waals surface area contributed by atoms with E-state index in [9.17, 15) is 4.79 Å². The Morgan fingerprint density at radius 2 is 2.00 bits per heavy atom. The number of thioether (sulfide) groups is 1. The van der Waals surface area contributed by atoms with Crippen LogP contribution < -0.4 is 0 Å². The number of hydrogen-bond donors (Lipinski definition) is 0. The molecule has 0 spiro atoms. The number of nitrogens with zero attached hydrogens (tertiary/aromatic N) is 1. The van der Waals surface area contributed by atoms with Gasteiger partial charge in [0.05, 0.1) is 5.75 Å². The highest BCUT2D eigenvalue weighted by molar-refractivity contribution is 8.00. The quantitative estimate of drug-likeness (QED) is 0.651. The molecule has 116 valence electrons. The Morgan fingerprint density at radius 1 is 1.13 bits per heavy atom. The normalized spacial score (nSPS) is 14.0. The molecule has 0 aliphatic carbocycles. The highest BCUT2D eigenvalue weighted by atomic mass is 32.2. The molecule has 0 saturated heterocycles. The van der Waals surface area contributed by atoms with Gasteiger partial charge in [-0.25, -0.2) is 0 Å². The predicted molar refractivity (Wildman–Crippen MR) is 98.1 cm³/mol. The van der Waals surface area contributed by atoms with Gasteiger partial charge in [0.1, 0.15) is 0 Å². The number of rotatable bonds is 3. The zero-order chi connectivity index (χ0) is 15.6. The Morgan fingerprint density at radius 3 is 2.91 bits per heavy atom. The summed E-state index contributed by atoms with van der Waals surface area (Å²) in [5, 5.41) is 4.60. The zero-order valence-electron chi connectivity index (χ0n) is 12.7. The van der Waals surface area contributed by atoms with Crippen molar-refractivity contribution in [2.24, 2.45) is 0 Å². The van der Waals surface area contributed by atoms with Crippen LogP contribution in [-0.4, -0.2) is 23.1 Å². The maximum Gasteiger partial charge on any atom is 0.233 e. The topological polar surface area (TPSA) is 20.3 Å². The molecule has 4 heteroatoms. The third kappa shape index (κ3) is 3.14. The summed E-state index contributed by atoms with van der Waals surface area (Å²) in [5.41, 5.74) is 1.32. The molecular formula is C19H17NOS2. The number of fused-ring (bicyclic) bond motifs is 2. The molecule has 0 radical (unpaired) electrons. The van der Waals surface area contributed by atoms with Crippen molar-refractivity contribution in [2.75, 3.05) is 12.3 Å². The lowest BCUT2D eigenvalue weighted by atomic mass is 10.1. The van der Waals surface area contributed by atoms with Gasteiger partial charge in [0.2, 0.25) is 5.91 Å². The fourth-order valence-electron chi connectivity index (χ4n) is 2.95. The van der Waals surface area contributed by atoms with E-state index in [0.717, 1.165) is 24.4 Å². The summed E-state index contributed by atoms with van der Waals surface area (Å²) in [5.74, 6) is 0.748. The van der Waals surface area contributed by atoms with Gasteiger partial charge in [0.15, 0.2) is 0 Å². The van der Waals surface area contributed by atoms with Gasteiger partial charge in [-0.1, -0.05) is 30.3 Å². The van der Waals surface area contributed by atoms with Crippen molar-refractivity contribution in [2.45, 2.75) is 17.9 Å². The minimum Gasteiger partial charge on any atom is -0.337 e. The lowest BCUT2D eigenvalue weighted by Gasteiger charge is -2.27. The molecule has 0 N–H and O–H groups in total. The van der Waals surface area contributed by atoms with Gasteiger partial charge in [-0.3, -0.25) is 4.79 Å². The van der Waals surface area contributed by atoms with Gasteiger partial charge in [-0.15, -0.1) is 23.1 Å². The van der Waals surface area contributed by atoms with Crippen molar-refractivity contribution in [3.8, 4) is 0 Å². The van der Waals surface area contributed by atoms with Crippen LogP contribution in [0.1, 0.15) is 10.4 Å². The predicted octanol–water partition coefficient (Wildman–Crippen LogP) is 4.58. The number of benzene rings is 2. The number of carbonyl (C=O) groups is 1. The van der Waals surface area contributed by atoms with Crippen LogP contribution in [0.15, 0.2) is 58.8 Å². The molecule has 0 bridgehead atoms. The van der Waals surface area contributed by atoms with Crippen LogP contribution in [-0.2, 0) is 17.8 Å². The van der Waals surface area contributed by atoms with Crippen LogP contribution in [0.4, 0.5) is 0 Å². The summed E-state index contributed by atoms with van der Waals surface area (Å²) in [4.78, 5) is 17.1. The maximum absolute atomic E-state index is 12.5. The second-order valence-electron chi connectivity index (χ2n) is 5.73. The van der Waals surface area contributed by atoms with Crippen LogP contribution in [0.2, 0.25) is 0 Å². The van der Waals surface area contributed by atoms with Crippen LogP contribution in [0.25, 0.3) is 10.8 Å². The number of carbonyl (C=O) groups excluding carboxylic acids is 1. The van der Waals surface area contributed by atoms with E-state index in [2.05, 4.69) is 41.8 Å². The Labute approximate surface area is 144 Å². The van der Waals surface area contributed by atoms with Crippen LogP contribution >= 0.6 is 23.1 Å². The summed E-state index contributed by atoms with van der Waals surface area (Å²) >= 11 is 3.44. The van der Waals surface area contributed by atoms with Crippen molar-refractivity contribution in [3.63, 3.8) is 0 Å². The van der Waals surface area contributed by atoms with Crippen molar-refractivity contribution < 1.29 is 4.79 Å². The zero-order valence-corrected chi connectivity index (χ0v) is 14.3. The average Bonchev–Trinajstić information content (AvgIpc) is 3.07.